The van der Waals surface area contributed by atoms with Gasteiger partial charge >= 0.3 is 0 Å². The van der Waals surface area contributed by atoms with Crippen LogP contribution >= 0.6 is 0 Å². The van der Waals surface area contributed by atoms with E-state index < -0.39 is 0 Å². The van der Waals surface area contributed by atoms with Crippen molar-refractivity contribution in [1.82, 2.24) is 4.98 Å². The molecule has 16 heavy (non-hydrogen) atoms. The second-order valence-electron chi connectivity index (χ2n) is 4.01. The first kappa shape index (κ1) is 9.21. The molecule has 0 bridgehead atoms. The number of aromatic amines is 1. The fourth-order valence-electron chi connectivity index (χ4n) is 2.16. The van der Waals surface area contributed by atoms with Gasteiger partial charge in [0.05, 0.1) is 11.4 Å². The monoisotopic (exact) mass is 212 g/mol. The van der Waals surface area contributed by atoms with E-state index in [9.17, 15) is 5.11 Å². The number of rotatable bonds is 0. The molecule has 80 valence electrons. The molecule has 0 unspecified atom stereocenters. The Morgan fingerprint density at radius 3 is 3.12 bits per heavy atom. The summed E-state index contributed by atoms with van der Waals surface area (Å²) in [7, 11) is 0. The lowest BCUT2D eigenvalue weighted by atomic mass is 10.1. The number of allylic oxidation sites excluding steroid dienone is 1. The second-order valence-corrected chi connectivity index (χ2v) is 4.01. The van der Waals surface area contributed by atoms with Crippen molar-refractivity contribution >= 4 is 16.6 Å². The SMILES string of the molecule is CC1=NC=CCc2c1[nH]c1cc(O)ccc21. The van der Waals surface area contributed by atoms with Crippen LogP contribution in [0.15, 0.2) is 35.5 Å². The molecule has 1 aromatic carbocycles. The van der Waals surface area contributed by atoms with E-state index in [-0.39, 0.29) is 5.75 Å². The Hall–Kier alpha value is -2.03. The third kappa shape index (κ3) is 1.25. The maximum atomic E-state index is 9.45. The van der Waals surface area contributed by atoms with Crippen molar-refractivity contribution in [3.05, 3.63) is 41.7 Å². The van der Waals surface area contributed by atoms with Crippen LogP contribution < -0.4 is 0 Å². The number of benzene rings is 1. The van der Waals surface area contributed by atoms with Gasteiger partial charge in [0, 0.05) is 23.2 Å². The molecule has 3 rings (SSSR count). The maximum Gasteiger partial charge on any atom is 0.117 e. The van der Waals surface area contributed by atoms with Crippen LogP contribution in [0, 0.1) is 0 Å². The molecular weight excluding hydrogens is 200 g/mol. The van der Waals surface area contributed by atoms with Crippen molar-refractivity contribution in [2.75, 3.05) is 0 Å². The highest BCUT2D eigenvalue weighted by Crippen LogP contribution is 2.27. The Bertz CT molecular complexity index is 620. The van der Waals surface area contributed by atoms with Gasteiger partial charge in [-0.1, -0.05) is 6.08 Å². The Morgan fingerprint density at radius 2 is 2.25 bits per heavy atom. The number of aliphatic imine (C=N–C) groups is 1. The summed E-state index contributed by atoms with van der Waals surface area (Å²) in [5, 5.41) is 10.6. The molecule has 0 fully saturated rings. The minimum atomic E-state index is 0.286. The van der Waals surface area contributed by atoms with E-state index in [1.165, 1.54) is 5.56 Å². The number of phenols is 1. The van der Waals surface area contributed by atoms with Crippen molar-refractivity contribution in [3.8, 4) is 5.75 Å². The molecule has 3 heteroatoms. The first-order valence-electron chi connectivity index (χ1n) is 5.29. The van der Waals surface area contributed by atoms with Gasteiger partial charge in [-0.2, -0.15) is 0 Å². The largest absolute Gasteiger partial charge is 0.508 e. The van der Waals surface area contributed by atoms with Gasteiger partial charge in [-0.25, -0.2) is 0 Å². The predicted octanol–water partition coefficient (Wildman–Crippen LogP) is 2.75. The van der Waals surface area contributed by atoms with E-state index >= 15 is 0 Å². The van der Waals surface area contributed by atoms with Crippen molar-refractivity contribution in [2.45, 2.75) is 13.3 Å². The van der Waals surface area contributed by atoms with Gasteiger partial charge in [0.1, 0.15) is 5.75 Å². The zero-order valence-corrected chi connectivity index (χ0v) is 8.99. The summed E-state index contributed by atoms with van der Waals surface area (Å²) in [5.41, 5.74) is 4.28. The van der Waals surface area contributed by atoms with Crippen molar-refractivity contribution in [1.29, 1.82) is 0 Å². The number of phenolic OH excluding ortho intramolecular Hbond substituents is 1. The van der Waals surface area contributed by atoms with Crippen LogP contribution in [-0.2, 0) is 6.42 Å². The summed E-state index contributed by atoms with van der Waals surface area (Å²) in [6.07, 6.45) is 4.77. The Labute approximate surface area is 93.1 Å². The number of hydrogen-bond acceptors (Lipinski definition) is 2. The summed E-state index contributed by atoms with van der Waals surface area (Å²) < 4.78 is 0. The summed E-state index contributed by atoms with van der Waals surface area (Å²) in [6, 6.07) is 5.42. The van der Waals surface area contributed by atoms with Gasteiger partial charge in [-0.05, 0) is 31.0 Å². The van der Waals surface area contributed by atoms with Crippen LogP contribution in [0.4, 0.5) is 0 Å². The molecule has 0 saturated carbocycles. The van der Waals surface area contributed by atoms with Gasteiger partial charge in [0.2, 0.25) is 0 Å². The van der Waals surface area contributed by atoms with Crippen LogP contribution in [0.2, 0.25) is 0 Å². The van der Waals surface area contributed by atoms with Crippen LogP contribution in [0.1, 0.15) is 18.2 Å². The fraction of sp³-hybridized carbons (Fsp3) is 0.154. The third-order valence-corrected chi connectivity index (χ3v) is 2.95. The van der Waals surface area contributed by atoms with Gasteiger partial charge in [-0.15, -0.1) is 0 Å². The Kier molecular flexibility index (Phi) is 1.86. The first-order chi connectivity index (χ1) is 7.75. The van der Waals surface area contributed by atoms with Crippen molar-refractivity contribution in [2.24, 2.45) is 4.99 Å². The first-order valence-corrected chi connectivity index (χ1v) is 5.29. The lowest BCUT2D eigenvalue weighted by Crippen LogP contribution is -1.96. The summed E-state index contributed by atoms with van der Waals surface area (Å²) in [4.78, 5) is 7.64. The quantitative estimate of drug-likeness (QED) is 0.693. The highest BCUT2D eigenvalue weighted by atomic mass is 16.3. The van der Waals surface area contributed by atoms with Crippen LogP contribution in [-0.4, -0.2) is 15.8 Å². The molecule has 1 aromatic heterocycles. The minimum absolute atomic E-state index is 0.286. The standard InChI is InChI=1S/C13H12N2O/c1-8-13-11(3-2-6-14-8)10-5-4-9(16)7-12(10)15-13/h2,4-7,15-16H,3H2,1H3. The highest BCUT2D eigenvalue weighted by molar-refractivity contribution is 6.04. The number of aromatic hydroxyl groups is 1. The zero-order chi connectivity index (χ0) is 11.1. The molecule has 1 aliphatic rings. The Balaban J connectivity index is 2.35. The van der Waals surface area contributed by atoms with Crippen LogP contribution in [0.5, 0.6) is 5.75 Å². The van der Waals surface area contributed by atoms with E-state index in [2.05, 4.69) is 16.1 Å². The molecule has 0 spiro atoms. The highest BCUT2D eigenvalue weighted by Gasteiger charge is 2.13. The molecule has 2 aromatic rings. The minimum Gasteiger partial charge on any atom is -0.508 e. The normalized spacial score (nSPS) is 14.7. The summed E-state index contributed by atoms with van der Waals surface area (Å²) in [6.45, 7) is 1.99. The third-order valence-electron chi connectivity index (χ3n) is 2.95. The summed E-state index contributed by atoms with van der Waals surface area (Å²) >= 11 is 0. The maximum absolute atomic E-state index is 9.45. The molecule has 3 nitrogen and oxygen atoms in total. The molecule has 1 aliphatic heterocycles. The van der Waals surface area contributed by atoms with Gasteiger partial charge in [0.15, 0.2) is 0 Å². The smallest absolute Gasteiger partial charge is 0.117 e. The summed E-state index contributed by atoms with van der Waals surface area (Å²) in [5.74, 6) is 0.286. The lowest BCUT2D eigenvalue weighted by Gasteiger charge is -1.97. The van der Waals surface area contributed by atoms with Crippen LogP contribution in [0.25, 0.3) is 10.9 Å². The average molecular weight is 212 g/mol. The Morgan fingerprint density at radius 1 is 1.38 bits per heavy atom. The molecule has 0 aliphatic carbocycles. The lowest BCUT2D eigenvalue weighted by molar-refractivity contribution is 0.476. The molecule has 2 heterocycles. The van der Waals surface area contributed by atoms with E-state index in [1.54, 1.807) is 12.1 Å². The van der Waals surface area contributed by atoms with Gasteiger partial charge in [-0.3, -0.25) is 4.99 Å². The van der Waals surface area contributed by atoms with Gasteiger partial charge in [0.25, 0.3) is 0 Å². The van der Waals surface area contributed by atoms with E-state index in [0.29, 0.717) is 0 Å². The topological polar surface area (TPSA) is 48.4 Å². The van der Waals surface area contributed by atoms with Gasteiger partial charge < -0.3 is 10.1 Å². The number of aromatic nitrogens is 1. The molecule has 0 radical (unpaired) electrons. The van der Waals surface area contributed by atoms with E-state index in [0.717, 1.165) is 28.7 Å². The molecule has 0 amide bonds. The number of H-pyrrole nitrogens is 1. The molecule has 0 saturated heterocycles. The van der Waals surface area contributed by atoms with Crippen molar-refractivity contribution < 1.29 is 5.11 Å². The molecule has 0 atom stereocenters. The van der Waals surface area contributed by atoms with E-state index in [1.807, 2.05) is 19.2 Å². The second kappa shape index (κ2) is 3.23. The fourth-order valence-corrected chi connectivity index (χ4v) is 2.16. The van der Waals surface area contributed by atoms with Crippen LogP contribution in [0.3, 0.4) is 0 Å². The average Bonchev–Trinajstić information content (AvgIpc) is 2.52. The number of nitrogens with zero attached hydrogens (tertiary/aromatic N) is 1. The van der Waals surface area contributed by atoms with Crippen molar-refractivity contribution in [3.63, 3.8) is 0 Å². The number of hydrogen-bond donors (Lipinski definition) is 2. The zero-order valence-electron chi connectivity index (χ0n) is 8.99. The number of nitrogens with one attached hydrogen (secondary N) is 1. The van der Waals surface area contributed by atoms with E-state index in [4.69, 9.17) is 0 Å². The molecule has 2 N–H and O–H groups in total. The number of fused-ring (bicyclic) bond motifs is 3. The molecular formula is C13H12N2O. The predicted molar refractivity (Wildman–Crippen MR) is 65.0 cm³/mol.